The maximum absolute atomic E-state index is 12.1. The maximum atomic E-state index is 12.1. The van der Waals surface area contributed by atoms with Crippen LogP contribution < -0.4 is 5.73 Å². The van der Waals surface area contributed by atoms with Gasteiger partial charge in [0.15, 0.2) is 0 Å². The SMILES string of the molecule is CN(C(=O)CN1CC[C@H](N)C1)C1CCCCC1.Cl. The van der Waals surface area contributed by atoms with Crippen molar-refractivity contribution in [3.8, 4) is 0 Å². The maximum Gasteiger partial charge on any atom is 0.236 e. The zero-order chi connectivity index (χ0) is 12.3. The van der Waals surface area contributed by atoms with Crippen molar-refractivity contribution in [2.45, 2.75) is 50.6 Å². The molecule has 4 nitrogen and oxygen atoms in total. The first-order valence-corrected chi connectivity index (χ1v) is 6.90. The van der Waals surface area contributed by atoms with Crippen LogP contribution in [-0.4, -0.2) is 54.5 Å². The molecule has 1 saturated heterocycles. The Bertz CT molecular complexity index is 269. The molecule has 1 heterocycles. The van der Waals surface area contributed by atoms with Gasteiger partial charge in [0.2, 0.25) is 5.91 Å². The van der Waals surface area contributed by atoms with Gasteiger partial charge in [-0.2, -0.15) is 0 Å². The number of hydrogen-bond acceptors (Lipinski definition) is 3. The van der Waals surface area contributed by atoms with Gasteiger partial charge in [0.25, 0.3) is 0 Å². The zero-order valence-corrected chi connectivity index (χ0v) is 12.1. The fraction of sp³-hybridized carbons (Fsp3) is 0.923. The lowest BCUT2D eigenvalue weighted by atomic mass is 9.94. The van der Waals surface area contributed by atoms with Crippen LogP contribution in [0.4, 0.5) is 0 Å². The van der Waals surface area contributed by atoms with Crippen LogP contribution in [0.5, 0.6) is 0 Å². The molecule has 1 aliphatic heterocycles. The van der Waals surface area contributed by atoms with Gasteiger partial charge in [0.05, 0.1) is 6.54 Å². The standard InChI is InChI=1S/C13H25N3O.ClH/c1-15(12-5-3-2-4-6-12)13(17)10-16-8-7-11(14)9-16;/h11-12H,2-10,14H2,1H3;1H/t11-;/m0./s1. The molecular formula is C13H26ClN3O. The number of halogens is 1. The average molecular weight is 276 g/mol. The van der Waals surface area contributed by atoms with Crippen molar-refractivity contribution in [3.63, 3.8) is 0 Å². The minimum atomic E-state index is 0. The Kier molecular flexibility index (Phi) is 6.39. The summed E-state index contributed by atoms with van der Waals surface area (Å²) >= 11 is 0. The van der Waals surface area contributed by atoms with Crippen LogP contribution in [0.1, 0.15) is 38.5 Å². The highest BCUT2D eigenvalue weighted by Crippen LogP contribution is 2.21. The molecular weight excluding hydrogens is 250 g/mol. The highest BCUT2D eigenvalue weighted by molar-refractivity contribution is 5.85. The summed E-state index contributed by atoms with van der Waals surface area (Å²) in [6.45, 7) is 2.41. The number of nitrogens with two attached hydrogens (primary N) is 1. The van der Waals surface area contributed by atoms with Crippen molar-refractivity contribution < 1.29 is 4.79 Å². The van der Waals surface area contributed by atoms with E-state index < -0.39 is 0 Å². The fourth-order valence-electron chi connectivity index (χ4n) is 2.98. The van der Waals surface area contributed by atoms with Crippen LogP contribution in [0, 0.1) is 0 Å². The zero-order valence-electron chi connectivity index (χ0n) is 11.3. The lowest BCUT2D eigenvalue weighted by molar-refractivity contribution is -0.133. The molecule has 0 aromatic heterocycles. The van der Waals surface area contributed by atoms with E-state index in [1.807, 2.05) is 11.9 Å². The number of likely N-dealkylation sites (N-methyl/N-ethyl adjacent to an activating group) is 1. The van der Waals surface area contributed by atoms with Gasteiger partial charge < -0.3 is 10.6 Å². The summed E-state index contributed by atoms with van der Waals surface area (Å²) in [4.78, 5) is 16.3. The smallest absolute Gasteiger partial charge is 0.236 e. The number of carbonyl (C=O) groups excluding carboxylic acids is 1. The second-order valence-electron chi connectivity index (χ2n) is 5.58. The van der Waals surface area contributed by atoms with E-state index in [0.717, 1.165) is 19.5 Å². The van der Waals surface area contributed by atoms with Crippen molar-refractivity contribution in [1.82, 2.24) is 9.80 Å². The van der Waals surface area contributed by atoms with Crippen LogP contribution in [-0.2, 0) is 4.79 Å². The molecule has 1 aliphatic carbocycles. The van der Waals surface area contributed by atoms with E-state index in [0.29, 0.717) is 12.6 Å². The van der Waals surface area contributed by atoms with Crippen LogP contribution in [0.15, 0.2) is 0 Å². The molecule has 2 fully saturated rings. The molecule has 5 heteroatoms. The third-order valence-electron chi connectivity index (χ3n) is 4.18. The summed E-state index contributed by atoms with van der Waals surface area (Å²) in [6, 6.07) is 0.746. The van der Waals surface area contributed by atoms with E-state index in [1.54, 1.807) is 0 Å². The van der Waals surface area contributed by atoms with Gasteiger partial charge in [0, 0.05) is 32.2 Å². The average Bonchev–Trinajstić information content (AvgIpc) is 2.75. The molecule has 0 unspecified atom stereocenters. The van der Waals surface area contributed by atoms with Crippen molar-refractivity contribution >= 4 is 18.3 Å². The normalized spacial score (nSPS) is 25.8. The third-order valence-corrected chi connectivity index (χ3v) is 4.18. The van der Waals surface area contributed by atoms with Gasteiger partial charge in [-0.1, -0.05) is 19.3 Å². The number of nitrogens with zero attached hydrogens (tertiary/aromatic N) is 2. The third kappa shape index (κ3) is 4.11. The molecule has 0 bridgehead atoms. The highest BCUT2D eigenvalue weighted by Gasteiger charge is 2.26. The first kappa shape index (κ1) is 15.7. The van der Waals surface area contributed by atoms with E-state index in [1.165, 1.54) is 32.1 Å². The van der Waals surface area contributed by atoms with Crippen molar-refractivity contribution in [3.05, 3.63) is 0 Å². The number of amides is 1. The Hall–Kier alpha value is -0.320. The highest BCUT2D eigenvalue weighted by atomic mass is 35.5. The summed E-state index contributed by atoms with van der Waals surface area (Å²) < 4.78 is 0. The lowest BCUT2D eigenvalue weighted by Gasteiger charge is -2.32. The number of likely N-dealkylation sites (tertiary alicyclic amines) is 1. The molecule has 2 aliphatic rings. The first-order chi connectivity index (χ1) is 8.16. The predicted molar refractivity (Wildman–Crippen MR) is 75.9 cm³/mol. The molecule has 18 heavy (non-hydrogen) atoms. The van der Waals surface area contributed by atoms with Crippen molar-refractivity contribution in [2.75, 3.05) is 26.7 Å². The minimum absolute atomic E-state index is 0. The molecule has 2 rings (SSSR count). The van der Waals surface area contributed by atoms with Gasteiger partial charge in [-0.15, -0.1) is 12.4 Å². The predicted octanol–water partition coefficient (Wildman–Crippen LogP) is 1.23. The largest absolute Gasteiger partial charge is 0.342 e. The van der Waals surface area contributed by atoms with Crippen molar-refractivity contribution in [2.24, 2.45) is 5.73 Å². The van der Waals surface area contributed by atoms with Crippen LogP contribution >= 0.6 is 12.4 Å². The summed E-state index contributed by atoms with van der Waals surface area (Å²) in [7, 11) is 1.97. The second-order valence-corrected chi connectivity index (χ2v) is 5.58. The van der Waals surface area contributed by atoms with E-state index >= 15 is 0 Å². The van der Waals surface area contributed by atoms with Gasteiger partial charge in [0.1, 0.15) is 0 Å². The van der Waals surface area contributed by atoms with Crippen LogP contribution in [0.3, 0.4) is 0 Å². The van der Waals surface area contributed by atoms with Gasteiger partial charge in [-0.3, -0.25) is 9.69 Å². The van der Waals surface area contributed by atoms with E-state index in [2.05, 4.69) is 4.90 Å². The summed E-state index contributed by atoms with van der Waals surface area (Å²) in [5.41, 5.74) is 5.85. The molecule has 2 N–H and O–H groups in total. The molecule has 1 amide bonds. The molecule has 1 saturated carbocycles. The topological polar surface area (TPSA) is 49.6 Å². The van der Waals surface area contributed by atoms with Gasteiger partial charge in [-0.05, 0) is 19.3 Å². The molecule has 0 spiro atoms. The Labute approximate surface area is 116 Å². The molecule has 0 radical (unpaired) electrons. The molecule has 0 aromatic carbocycles. The summed E-state index contributed by atoms with van der Waals surface area (Å²) in [5, 5.41) is 0. The Morgan fingerprint density at radius 3 is 2.50 bits per heavy atom. The molecule has 0 aromatic rings. The van der Waals surface area contributed by atoms with Crippen LogP contribution in [0.25, 0.3) is 0 Å². The van der Waals surface area contributed by atoms with E-state index in [4.69, 9.17) is 5.73 Å². The quantitative estimate of drug-likeness (QED) is 0.843. The second kappa shape index (κ2) is 7.31. The van der Waals surface area contributed by atoms with E-state index in [-0.39, 0.29) is 24.4 Å². The van der Waals surface area contributed by atoms with E-state index in [9.17, 15) is 4.79 Å². The first-order valence-electron chi connectivity index (χ1n) is 6.90. The number of carbonyl (C=O) groups is 1. The number of rotatable bonds is 3. The Balaban J connectivity index is 0.00000162. The Morgan fingerprint density at radius 1 is 1.28 bits per heavy atom. The van der Waals surface area contributed by atoms with Gasteiger partial charge >= 0.3 is 0 Å². The fourth-order valence-corrected chi connectivity index (χ4v) is 2.98. The summed E-state index contributed by atoms with van der Waals surface area (Å²) in [5.74, 6) is 0.269. The number of hydrogen-bond donors (Lipinski definition) is 1. The monoisotopic (exact) mass is 275 g/mol. The van der Waals surface area contributed by atoms with Crippen molar-refractivity contribution in [1.29, 1.82) is 0 Å². The summed E-state index contributed by atoms with van der Waals surface area (Å²) in [6.07, 6.45) is 7.27. The molecule has 106 valence electrons. The van der Waals surface area contributed by atoms with Crippen LogP contribution in [0.2, 0.25) is 0 Å². The minimum Gasteiger partial charge on any atom is -0.342 e. The molecule has 1 atom stereocenters. The lowest BCUT2D eigenvalue weighted by Crippen LogP contribution is -2.44. The Morgan fingerprint density at radius 2 is 1.94 bits per heavy atom. The van der Waals surface area contributed by atoms with Gasteiger partial charge in [-0.25, -0.2) is 0 Å².